The van der Waals surface area contributed by atoms with E-state index in [9.17, 15) is 4.39 Å². The highest BCUT2D eigenvalue weighted by atomic mass is 19.1. The first-order valence-corrected chi connectivity index (χ1v) is 4.70. The van der Waals surface area contributed by atoms with E-state index in [1.54, 1.807) is 12.3 Å². The van der Waals surface area contributed by atoms with Crippen molar-refractivity contribution in [2.75, 3.05) is 13.6 Å². The molecular weight excluding hydrogens is 181 g/mol. The normalized spacial score (nSPS) is 12.8. The van der Waals surface area contributed by atoms with Gasteiger partial charge in [-0.05, 0) is 20.0 Å². The summed E-state index contributed by atoms with van der Waals surface area (Å²) in [6, 6.07) is 2.02. The quantitative estimate of drug-likeness (QED) is 0.737. The highest BCUT2D eigenvalue weighted by molar-refractivity contribution is 5.12. The number of hydrogen-bond acceptors (Lipinski definition) is 3. The van der Waals surface area contributed by atoms with Crippen molar-refractivity contribution in [3.8, 4) is 0 Å². The maximum absolute atomic E-state index is 13.1. The number of hydrogen-bond donors (Lipinski definition) is 2. The van der Waals surface area contributed by atoms with Crippen LogP contribution in [0.1, 0.15) is 12.5 Å². The van der Waals surface area contributed by atoms with Crippen LogP contribution in [-0.2, 0) is 6.54 Å². The Labute approximate surface area is 83.7 Å². The first kappa shape index (κ1) is 11.1. The second kappa shape index (κ2) is 5.67. The van der Waals surface area contributed by atoms with Gasteiger partial charge >= 0.3 is 0 Å². The van der Waals surface area contributed by atoms with Gasteiger partial charge in [0.2, 0.25) is 0 Å². The molecule has 1 aromatic rings. The van der Waals surface area contributed by atoms with E-state index in [1.807, 2.05) is 7.05 Å². The van der Waals surface area contributed by atoms with Crippen molar-refractivity contribution in [3.05, 3.63) is 29.8 Å². The summed E-state index contributed by atoms with van der Waals surface area (Å²) >= 11 is 0. The number of halogens is 1. The first-order valence-electron chi connectivity index (χ1n) is 4.70. The van der Waals surface area contributed by atoms with E-state index in [0.717, 1.165) is 6.54 Å². The van der Waals surface area contributed by atoms with Crippen LogP contribution in [0.4, 0.5) is 4.39 Å². The minimum atomic E-state index is -0.253. The molecule has 0 amide bonds. The van der Waals surface area contributed by atoms with Crippen molar-refractivity contribution in [1.82, 2.24) is 15.6 Å². The summed E-state index contributed by atoms with van der Waals surface area (Å²) in [4.78, 5) is 3.69. The van der Waals surface area contributed by atoms with Crippen LogP contribution >= 0.6 is 0 Å². The number of nitrogens with zero attached hydrogens (tertiary/aromatic N) is 1. The molecule has 0 spiro atoms. The fourth-order valence-corrected chi connectivity index (χ4v) is 1.21. The molecule has 4 heteroatoms. The SMILES string of the molecule is CNCC(C)NCc1ccncc1F. The van der Waals surface area contributed by atoms with E-state index in [0.29, 0.717) is 18.2 Å². The van der Waals surface area contributed by atoms with E-state index in [1.165, 1.54) is 6.20 Å². The summed E-state index contributed by atoms with van der Waals surface area (Å²) < 4.78 is 13.1. The standard InChI is InChI=1S/C10H16FN3/c1-8(5-12-2)14-6-9-3-4-13-7-10(9)11/h3-4,7-8,12,14H,5-6H2,1-2H3. The predicted octanol–water partition coefficient (Wildman–Crippen LogP) is 0.918. The summed E-state index contributed by atoms with van der Waals surface area (Å²) in [6.45, 7) is 3.46. The monoisotopic (exact) mass is 197 g/mol. The summed E-state index contributed by atoms with van der Waals surface area (Å²) in [6.07, 6.45) is 2.84. The largest absolute Gasteiger partial charge is 0.318 e. The average molecular weight is 197 g/mol. The molecular formula is C10H16FN3. The van der Waals surface area contributed by atoms with Gasteiger partial charge in [-0.1, -0.05) is 0 Å². The molecule has 0 aromatic carbocycles. The molecule has 0 aliphatic rings. The number of nitrogens with one attached hydrogen (secondary N) is 2. The molecule has 0 radical (unpaired) electrons. The number of rotatable bonds is 5. The van der Waals surface area contributed by atoms with Gasteiger partial charge in [-0.25, -0.2) is 4.39 Å². The number of aromatic nitrogens is 1. The Bertz CT molecular complexity index is 278. The minimum absolute atomic E-state index is 0.253. The van der Waals surface area contributed by atoms with Gasteiger partial charge in [-0.3, -0.25) is 4.98 Å². The van der Waals surface area contributed by atoms with Gasteiger partial charge < -0.3 is 10.6 Å². The van der Waals surface area contributed by atoms with Gasteiger partial charge in [0.05, 0.1) is 6.20 Å². The number of likely N-dealkylation sites (N-methyl/N-ethyl adjacent to an activating group) is 1. The zero-order valence-corrected chi connectivity index (χ0v) is 8.55. The van der Waals surface area contributed by atoms with Crippen LogP contribution < -0.4 is 10.6 Å². The Morgan fingerprint density at radius 1 is 1.57 bits per heavy atom. The lowest BCUT2D eigenvalue weighted by Crippen LogP contribution is -2.34. The second-order valence-electron chi connectivity index (χ2n) is 3.31. The highest BCUT2D eigenvalue weighted by Crippen LogP contribution is 2.03. The topological polar surface area (TPSA) is 37.0 Å². The van der Waals surface area contributed by atoms with E-state index in [4.69, 9.17) is 0 Å². The van der Waals surface area contributed by atoms with Gasteiger partial charge in [0.1, 0.15) is 5.82 Å². The third-order valence-corrected chi connectivity index (χ3v) is 2.01. The molecule has 0 saturated carbocycles. The van der Waals surface area contributed by atoms with Crippen molar-refractivity contribution in [1.29, 1.82) is 0 Å². The number of pyridine rings is 1. The van der Waals surface area contributed by atoms with E-state index in [2.05, 4.69) is 22.5 Å². The van der Waals surface area contributed by atoms with Crippen molar-refractivity contribution < 1.29 is 4.39 Å². The molecule has 0 bridgehead atoms. The zero-order chi connectivity index (χ0) is 10.4. The Balaban J connectivity index is 2.41. The van der Waals surface area contributed by atoms with E-state index in [-0.39, 0.29) is 5.82 Å². The molecule has 1 atom stereocenters. The van der Waals surface area contributed by atoms with Crippen LogP contribution in [-0.4, -0.2) is 24.6 Å². The first-order chi connectivity index (χ1) is 6.74. The van der Waals surface area contributed by atoms with Crippen molar-refractivity contribution in [2.45, 2.75) is 19.5 Å². The van der Waals surface area contributed by atoms with Crippen LogP contribution in [0.2, 0.25) is 0 Å². The van der Waals surface area contributed by atoms with E-state index < -0.39 is 0 Å². The van der Waals surface area contributed by atoms with Crippen LogP contribution in [0.25, 0.3) is 0 Å². The van der Waals surface area contributed by atoms with Gasteiger partial charge in [0, 0.05) is 30.9 Å². The Kier molecular flexibility index (Phi) is 4.49. The molecule has 3 nitrogen and oxygen atoms in total. The Morgan fingerprint density at radius 2 is 2.36 bits per heavy atom. The molecule has 14 heavy (non-hydrogen) atoms. The third-order valence-electron chi connectivity index (χ3n) is 2.01. The zero-order valence-electron chi connectivity index (χ0n) is 8.55. The van der Waals surface area contributed by atoms with Crippen LogP contribution in [0.15, 0.2) is 18.5 Å². The Hall–Kier alpha value is -1.00. The molecule has 2 N–H and O–H groups in total. The van der Waals surface area contributed by atoms with E-state index >= 15 is 0 Å². The molecule has 0 saturated heterocycles. The lowest BCUT2D eigenvalue weighted by molar-refractivity contribution is 0.508. The molecule has 78 valence electrons. The van der Waals surface area contributed by atoms with Gasteiger partial charge in [0.25, 0.3) is 0 Å². The predicted molar refractivity (Wildman–Crippen MR) is 54.4 cm³/mol. The van der Waals surface area contributed by atoms with Crippen LogP contribution in [0, 0.1) is 5.82 Å². The molecule has 1 unspecified atom stereocenters. The average Bonchev–Trinajstić information content (AvgIpc) is 2.17. The maximum atomic E-state index is 13.1. The maximum Gasteiger partial charge on any atom is 0.145 e. The van der Waals surface area contributed by atoms with Crippen molar-refractivity contribution in [3.63, 3.8) is 0 Å². The fraction of sp³-hybridized carbons (Fsp3) is 0.500. The van der Waals surface area contributed by atoms with Gasteiger partial charge in [0.15, 0.2) is 0 Å². The van der Waals surface area contributed by atoms with Crippen LogP contribution in [0.3, 0.4) is 0 Å². The second-order valence-corrected chi connectivity index (χ2v) is 3.31. The molecule has 0 aliphatic carbocycles. The minimum Gasteiger partial charge on any atom is -0.318 e. The highest BCUT2D eigenvalue weighted by Gasteiger charge is 2.03. The summed E-state index contributed by atoms with van der Waals surface area (Å²) in [5.74, 6) is -0.253. The smallest absolute Gasteiger partial charge is 0.145 e. The lowest BCUT2D eigenvalue weighted by atomic mass is 10.2. The molecule has 1 aromatic heterocycles. The van der Waals surface area contributed by atoms with Crippen molar-refractivity contribution in [2.24, 2.45) is 0 Å². The van der Waals surface area contributed by atoms with Gasteiger partial charge in [-0.15, -0.1) is 0 Å². The third kappa shape index (κ3) is 3.40. The molecule has 1 heterocycles. The molecule has 1 rings (SSSR count). The lowest BCUT2D eigenvalue weighted by Gasteiger charge is -2.13. The fourth-order valence-electron chi connectivity index (χ4n) is 1.21. The Morgan fingerprint density at radius 3 is 3.00 bits per heavy atom. The molecule has 0 aliphatic heterocycles. The van der Waals surface area contributed by atoms with Crippen molar-refractivity contribution >= 4 is 0 Å². The summed E-state index contributed by atoms with van der Waals surface area (Å²) in [5, 5.41) is 6.26. The summed E-state index contributed by atoms with van der Waals surface area (Å²) in [7, 11) is 1.89. The molecule has 0 fully saturated rings. The summed E-state index contributed by atoms with van der Waals surface area (Å²) in [5.41, 5.74) is 0.656. The van der Waals surface area contributed by atoms with Gasteiger partial charge in [-0.2, -0.15) is 0 Å². The van der Waals surface area contributed by atoms with Crippen LogP contribution in [0.5, 0.6) is 0 Å².